The minimum Gasteiger partial charge on any atom is -0.444 e. The maximum atomic E-state index is 12.2. The van der Waals surface area contributed by atoms with Crippen molar-refractivity contribution >= 4 is 22.0 Å². The highest BCUT2D eigenvalue weighted by Gasteiger charge is 2.48. The van der Waals surface area contributed by atoms with E-state index in [0.29, 0.717) is 5.33 Å². The van der Waals surface area contributed by atoms with Gasteiger partial charge in [0, 0.05) is 5.33 Å². The van der Waals surface area contributed by atoms with Crippen molar-refractivity contribution in [3.63, 3.8) is 0 Å². The predicted molar refractivity (Wildman–Crippen MR) is 70.3 cm³/mol. The summed E-state index contributed by atoms with van der Waals surface area (Å²) in [6.45, 7) is 11.3. The molecule has 1 aliphatic heterocycles. The average molecular weight is 308 g/mol. The van der Waals surface area contributed by atoms with E-state index < -0.39 is 11.3 Å². The Balaban J connectivity index is 2.89. The summed E-state index contributed by atoms with van der Waals surface area (Å²) in [5.74, 6) is 0. The summed E-state index contributed by atoms with van der Waals surface area (Å²) in [5.41, 5.74) is -1.12. The number of halogens is 1. The predicted octanol–water partition coefficient (Wildman–Crippen LogP) is 3.14. The first-order valence-corrected chi connectivity index (χ1v) is 6.97. The molecule has 0 N–H and O–H groups in total. The summed E-state index contributed by atoms with van der Waals surface area (Å²) < 4.78 is 11.2. The van der Waals surface area contributed by atoms with Crippen LogP contribution in [0.1, 0.15) is 41.5 Å². The number of nitrogens with zero attached hydrogens (tertiary/aromatic N) is 1. The first kappa shape index (κ1) is 14.8. The molecule has 0 aromatic carbocycles. The fourth-order valence-corrected chi connectivity index (χ4v) is 2.88. The second kappa shape index (κ2) is 4.76. The number of hydrogen-bond acceptors (Lipinski definition) is 3. The summed E-state index contributed by atoms with van der Waals surface area (Å²) in [7, 11) is 0. The zero-order valence-corrected chi connectivity index (χ0v) is 13.0. The highest BCUT2D eigenvalue weighted by molar-refractivity contribution is 9.09. The van der Waals surface area contributed by atoms with Crippen LogP contribution >= 0.6 is 15.9 Å². The van der Waals surface area contributed by atoms with Crippen LogP contribution in [0.15, 0.2) is 0 Å². The van der Waals surface area contributed by atoms with E-state index in [9.17, 15) is 4.79 Å². The number of rotatable bonds is 1. The molecule has 1 heterocycles. The van der Waals surface area contributed by atoms with Gasteiger partial charge in [-0.1, -0.05) is 15.9 Å². The quantitative estimate of drug-likeness (QED) is 0.699. The van der Waals surface area contributed by atoms with E-state index in [2.05, 4.69) is 15.9 Å². The van der Waals surface area contributed by atoms with Gasteiger partial charge in [-0.3, -0.25) is 4.90 Å². The van der Waals surface area contributed by atoms with Crippen molar-refractivity contribution in [3.05, 3.63) is 0 Å². The summed E-state index contributed by atoms with van der Waals surface area (Å²) in [5, 5.41) is 0.677. The van der Waals surface area contributed by atoms with Gasteiger partial charge in [-0.05, 0) is 41.5 Å². The molecule has 0 unspecified atom stereocenters. The SMILES string of the molecule is C[C@H]1OC(C)(C)N(C(=O)OC(C)(C)C)[C@@H]1CBr. The molecule has 0 aliphatic carbocycles. The molecule has 2 atom stereocenters. The van der Waals surface area contributed by atoms with Gasteiger partial charge in [0.05, 0.1) is 12.1 Å². The van der Waals surface area contributed by atoms with Crippen molar-refractivity contribution in [1.29, 1.82) is 0 Å². The van der Waals surface area contributed by atoms with Gasteiger partial charge in [-0.2, -0.15) is 0 Å². The van der Waals surface area contributed by atoms with Crippen LogP contribution in [0.3, 0.4) is 0 Å². The molecule has 0 aromatic rings. The molecule has 1 saturated heterocycles. The van der Waals surface area contributed by atoms with Crippen LogP contribution in [-0.4, -0.2) is 39.8 Å². The fourth-order valence-electron chi connectivity index (χ4n) is 2.06. The van der Waals surface area contributed by atoms with Gasteiger partial charge < -0.3 is 9.47 Å². The lowest BCUT2D eigenvalue weighted by Gasteiger charge is -2.34. The monoisotopic (exact) mass is 307 g/mol. The Kier molecular flexibility index (Phi) is 4.14. The minimum absolute atomic E-state index is 0.000139. The first-order valence-electron chi connectivity index (χ1n) is 5.84. The molecule has 5 heteroatoms. The van der Waals surface area contributed by atoms with E-state index in [1.54, 1.807) is 4.90 Å². The van der Waals surface area contributed by atoms with E-state index >= 15 is 0 Å². The highest BCUT2D eigenvalue weighted by atomic mass is 79.9. The van der Waals surface area contributed by atoms with Crippen molar-refractivity contribution in [3.8, 4) is 0 Å². The van der Waals surface area contributed by atoms with Gasteiger partial charge in [-0.25, -0.2) is 4.79 Å². The lowest BCUT2D eigenvalue weighted by Crippen LogP contribution is -2.50. The van der Waals surface area contributed by atoms with Crippen LogP contribution in [0.4, 0.5) is 4.79 Å². The van der Waals surface area contributed by atoms with Crippen molar-refractivity contribution in [2.75, 3.05) is 5.33 Å². The molecule has 0 spiro atoms. The van der Waals surface area contributed by atoms with Crippen LogP contribution < -0.4 is 0 Å². The molecule has 0 bridgehead atoms. The lowest BCUT2D eigenvalue weighted by molar-refractivity contribution is -0.0753. The molecule has 4 nitrogen and oxygen atoms in total. The van der Waals surface area contributed by atoms with Gasteiger partial charge in [0.1, 0.15) is 11.3 Å². The number of alkyl halides is 1. The van der Waals surface area contributed by atoms with E-state index in [4.69, 9.17) is 9.47 Å². The summed E-state index contributed by atoms with van der Waals surface area (Å²) in [6, 6.07) is -0.000139. The average Bonchev–Trinajstić information content (AvgIpc) is 2.31. The van der Waals surface area contributed by atoms with Crippen molar-refractivity contribution in [1.82, 2.24) is 4.90 Å². The largest absolute Gasteiger partial charge is 0.444 e. The Hall–Kier alpha value is -0.290. The van der Waals surface area contributed by atoms with Gasteiger partial charge in [0.15, 0.2) is 0 Å². The van der Waals surface area contributed by atoms with Crippen molar-refractivity contribution < 1.29 is 14.3 Å². The van der Waals surface area contributed by atoms with Crippen molar-refractivity contribution in [2.45, 2.75) is 65.0 Å². The Labute approximate surface area is 112 Å². The molecule has 1 fully saturated rings. The molecule has 1 amide bonds. The zero-order chi connectivity index (χ0) is 13.4. The molecule has 100 valence electrons. The highest BCUT2D eigenvalue weighted by Crippen LogP contribution is 2.34. The topological polar surface area (TPSA) is 38.8 Å². The second-order valence-corrected chi connectivity index (χ2v) is 6.49. The molecule has 1 aliphatic rings. The fraction of sp³-hybridized carbons (Fsp3) is 0.917. The summed E-state index contributed by atoms with van der Waals surface area (Å²) in [6.07, 6.45) is -0.326. The molecule has 17 heavy (non-hydrogen) atoms. The third-order valence-electron chi connectivity index (χ3n) is 2.68. The Morgan fingerprint density at radius 1 is 1.47 bits per heavy atom. The smallest absolute Gasteiger partial charge is 0.412 e. The Morgan fingerprint density at radius 2 is 2.00 bits per heavy atom. The first-order chi connectivity index (χ1) is 7.58. The molecular formula is C12H22BrNO3. The summed E-state index contributed by atoms with van der Waals surface area (Å²) >= 11 is 3.43. The zero-order valence-electron chi connectivity index (χ0n) is 11.4. The minimum atomic E-state index is -0.625. The van der Waals surface area contributed by atoms with Gasteiger partial charge in [0.25, 0.3) is 0 Å². The van der Waals surface area contributed by atoms with Gasteiger partial charge in [0.2, 0.25) is 0 Å². The van der Waals surface area contributed by atoms with Gasteiger partial charge in [-0.15, -0.1) is 0 Å². The van der Waals surface area contributed by atoms with E-state index in [1.807, 2.05) is 41.5 Å². The molecule has 0 aromatic heterocycles. The number of carbonyl (C=O) groups is 1. The maximum absolute atomic E-state index is 12.2. The molecule has 0 radical (unpaired) electrons. The Bertz CT molecular complexity index is 299. The number of carbonyl (C=O) groups excluding carboxylic acids is 1. The standard InChI is InChI=1S/C12H22BrNO3/c1-8-9(7-13)14(12(5,6)16-8)10(15)17-11(2,3)4/h8-9H,7H2,1-6H3/t8-,9-/m1/s1. The molecule has 1 rings (SSSR count). The normalized spacial score (nSPS) is 28.3. The molecular weight excluding hydrogens is 286 g/mol. The van der Waals surface area contributed by atoms with Crippen LogP contribution in [0, 0.1) is 0 Å². The third kappa shape index (κ3) is 3.35. The van der Waals surface area contributed by atoms with Crippen LogP contribution in [-0.2, 0) is 9.47 Å². The second-order valence-electron chi connectivity index (χ2n) is 5.84. The lowest BCUT2D eigenvalue weighted by atomic mass is 10.2. The van der Waals surface area contributed by atoms with Crippen molar-refractivity contribution in [2.24, 2.45) is 0 Å². The van der Waals surface area contributed by atoms with E-state index in [0.717, 1.165) is 0 Å². The van der Waals surface area contributed by atoms with Crippen LogP contribution in [0.25, 0.3) is 0 Å². The van der Waals surface area contributed by atoms with E-state index in [-0.39, 0.29) is 18.2 Å². The molecule has 0 saturated carbocycles. The third-order valence-corrected chi connectivity index (χ3v) is 3.34. The maximum Gasteiger partial charge on any atom is 0.412 e. The number of amides is 1. The van der Waals surface area contributed by atoms with E-state index in [1.165, 1.54) is 0 Å². The summed E-state index contributed by atoms with van der Waals surface area (Å²) in [4.78, 5) is 13.9. The van der Waals surface area contributed by atoms with Gasteiger partial charge >= 0.3 is 6.09 Å². The number of hydrogen-bond donors (Lipinski definition) is 0. The Morgan fingerprint density at radius 3 is 2.41 bits per heavy atom. The van der Waals surface area contributed by atoms with Crippen LogP contribution in [0.5, 0.6) is 0 Å². The number of ether oxygens (including phenoxy) is 2. The van der Waals surface area contributed by atoms with Crippen LogP contribution in [0.2, 0.25) is 0 Å².